The minimum atomic E-state index is -0.853. The van der Waals surface area contributed by atoms with E-state index in [1.54, 1.807) is 0 Å². The zero-order valence-corrected chi connectivity index (χ0v) is 11.9. The normalized spacial score (nSPS) is 11.2. The maximum Gasteiger partial charge on any atom is 0.303 e. The number of hydrogen-bond acceptors (Lipinski definition) is 2. The first kappa shape index (κ1) is 15.2. The van der Waals surface area contributed by atoms with Crippen LogP contribution in [0.5, 0.6) is 0 Å². The second-order valence-electron chi connectivity index (χ2n) is 5.61. The van der Waals surface area contributed by atoms with E-state index >= 15 is 0 Å². The Labute approximate surface area is 113 Å². The molecule has 2 N–H and O–H groups in total. The molecule has 0 unspecified atom stereocenters. The zero-order chi connectivity index (χ0) is 14.6. The Morgan fingerprint density at radius 3 is 2.16 bits per heavy atom. The van der Waals surface area contributed by atoms with Crippen LogP contribution in [0.15, 0.2) is 18.2 Å². The van der Waals surface area contributed by atoms with Gasteiger partial charge in [-0.3, -0.25) is 9.59 Å². The summed E-state index contributed by atoms with van der Waals surface area (Å²) in [4.78, 5) is 22.7. The van der Waals surface area contributed by atoms with E-state index in [2.05, 4.69) is 5.32 Å². The summed E-state index contributed by atoms with van der Waals surface area (Å²) in [6, 6.07) is 5.66. The van der Waals surface area contributed by atoms with E-state index in [-0.39, 0.29) is 12.3 Å². The molecule has 0 saturated carbocycles. The molecule has 0 fully saturated rings. The highest BCUT2D eigenvalue weighted by atomic mass is 16.4. The van der Waals surface area contributed by atoms with Crippen molar-refractivity contribution in [2.45, 2.75) is 46.1 Å². The maximum absolute atomic E-state index is 12.2. The van der Waals surface area contributed by atoms with Gasteiger partial charge in [-0.15, -0.1) is 0 Å². The van der Waals surface area contributed by atoms with E-state index in [1.807, 2.05) is 45.9 Å². The Balaban J connectivity index is 2.75. The number of carbonyl (C=O) groups excluding carboxylic acids is 1. The number of carbonyl (C=O) groups is 2. The molecule has 0 aliphatic rings. The molecule has 0 bridgehead atoms. The van der Waals surface area contributed by atoms with Gasteiger partial charge in [0.2, 0.25) is 0 Å². The van der Waals surface area contributed by atoms with E-state index < -0.39 is 11.5 Å². The minimum absolute atomic E-state index is 0.0418. The molecule has 0 aliphatic heterocycles. The van der Waals surface area contributed by atoms with Crippen LogP contribution in [-0.4, -0.2) is 22.5 Å². The summed E-state index contributed by atoms with van der Waals surface area (Å²) in [5.41, 5.74) is 2.15. The molecule has 0 aromatic heterocycles. The Morgan fingerprint density at radius 1 is 1.16 bits per heavy atom. The average Bonchev–Trinajstić information content (AvgIpc) is 2.24. The average molecular weight is 263 g/mol. The number of aliphatic carboxylic acids is 1. The van der Waals surface area contributed by atoms with Crippen molar-refractivity contribution in [1.29, 1.82) is 0 Å². The van der Waals surface area contributed by atoms with Crippen LogP contribution >= 0.6 is 0 Å². The molecule has 1 aromatic carbocycles. The second-order valence-corrected chi connectivity index (χ2v) is 5.61. The largest absolute Gasteiger partial charge is 0.481 e. The zero-order valence-electron chi connectivity index (χ0n) is 11.9. The molecular formula is C15H21NO3. The molecule has 1 amide bonds. The van der Waals surface area contributed by atoms with Crippen molar-refractivity contribution in [1.82, 2.24) is 5.32 Å². The van der Waals surface area contributed by atoms with Gasteiger partial charge in [-0.1, -0.05) is 17.2 Å². The van der Waals surface area contributed by atoms with Crippen LogP contribution < -0.4 is 5.32 Å². The molecule has 1 aromatic rings. The molecule has 0 heterocycles. The van der Waals surface area contributed by atoms with Crippen molar-refractivity contribution in [2.75, 3.05) is 0 Å². The van der Waals surface area contributed by atoms with Gasteiger partial charge in [0.25, 0.3) is 5.91 Å². The summed E-state index contributed by atoms with van der Waals surface area (Å²) >= 11 is 0. The van der Waals surface area contributed by atoms with Gasteiger partial charge in [0.1, 0.15) is 0 Å². The van der Waals surface area contributed by atoms with Crippen LogP contribution in [0.4, 0.5) is 0 Å². The predicted molar refractivity (Wildman–Crippen MR) is 74.3 cm³/mol. The molecule has 0 spiro atoms. The number of carboxylic acid groups (broad SMARTS) is 1. The van der Waals surface area contributed by atoms with Gasteiger partial charge < -0.3 is 10.4 Å². The quantitative estimate of drug-likeness (QED) is 0.858. The number of benzene rings is 1. The van der Waals surface area contributed by atoms with Crippen molar-refractivity contribution in [3.8, 4) is 0 Å². The van der Waals surface area contributed by atoms with Gasteiger partial charge in [-0.2, -0.15) is 0 Å². The summed E-state index contributed by atoms with van der Waals surface area (Å²) in [6.07, 6.45) is 0.443. The number of carboxylic acids is 1. The molecule has 4 heteroatoms. The first-order valence-corrected chi connectivity index (χ1v) is 6.32. The highest BCUT2D eigenvalue weighted by Crippen LogP contribution is 2.14. The van der Waals surface area contributed by atoms with Crippen molar-refractivity contribution in [2.24, 2.45) is 0 Å². The molecule has 19 heavy (non-hydrogen) atoms. The summed E-state index contributed by atoms with van der Waals surface area (Å²) in [5, 5.41) is 11.6. The SMILES string of the molecule is Cc1cc(C)cc(C(=O)NC(C)(C)CCC(=O)O)c1. The molecule has 0 atom stereocenters. The van der Waals surface area contributed by atoms with Crippen LogP contribution in [0.2, 0.25) is 0 Å². The highest BCUT2D eigenvalue weighted by Gasteiger charge is 2.22. The summed E-state index contributed by atoms with van der Waals surface area (Å²) in [7, 11) is 0. The van der Waals surface area contributed by atoms with E-state index in [0.717, 1.165) is 11.1 Å². The second kappa shape index (κ2) is 5.87. The fraction of sp³-hybridized carbons (Fsp3) is 0.467. The van der Waals surface area contributed by atoms with Gasteiger partial charge in [0, 0.05) is 17.5 Å². The molecule has 104 valence electrons. The van der Waals surface area contributed by atoms with Gasteiger partial charge in [-0.25, -0.2) is 0 Å². The van der Waals surface area contributed by atoms with Gasteiger partial charge in [-0.05, 0) is 46.2 Å². The Bertz CT molecular complexity index is 472. The lowest BCUT2D eigenvalue weighted by atomic mass is 9.97. The van der Waals surface area contributed by atoms with Crippen LogP contribution in [0, 0.1) is 13.8 Å². The lowest BCUT2D eigenvalue weighted by Gasteiger charge is -2.25. The van der Waals surface area contributed by atoms with Crippen LogP contribution in [0.25, 0.3) is 0 Å². The van der Waals surface area contributed by atoms with Crippen LogP contribution in [0.3, 0.4) is 0 Å². The van der Waals surface area contributed by atoms with Crippen LogP contribution in [-0.2, 0) is 4.79 Å². The molecule has 1 rings (SSSR count). The molecular weight excluding hydrogens is 242 g/mol. The highest BCUT2D eigenvalue weighted by molar-refractivity contribution is 5.95. The van der Waals surface area contributed by atoms with Gasteiger partial charge in [0.05, 0.1) is 0 Å². The Morgan fingerprint density at radius 2 is 1.68 bits per heavy atom. The lowest BCUT2D eigenvalue weighted by Crippen LogP contribution is -2.43. The summed E-state index contributed by atoms with van der Waals surface area (Å²) < 4.78 is 0. The van der Waals surface area contributed by atoms with Crippen molar-refractivity contribution >= 4 is 11.9 Å². The first-order valence-electron chi connectivity index (χ1n) is 6.32. The topological polar surface area (TPSA) is 66.4 Å². The van der Waals surface area contributed by atoms with Gasteiger partial charge >= 0.3 is 5.97 Å². The predicted octanol–water partition coefficient (Wildman–Crippen LogP) is 2.68. The van der Waals surface area contributed by atoms with E-state index in [1.165, 1.54) is 0 Å². The maximum atomic E-state index is 12.2. The van der Waals surface area contributed by atoms with E-state index in [9.17, 15) is 9.59 Å². The van der Waals surface area contributed by atoms with Crippen LogP contribution in [0.1, 0.15) is 48.2 Å². The molecule has 0 radical (unpaired) electrons. The standard InChI is InChI=1S/C15H21NO3/c1-10-7-11(2)9-12(8-10)14(19)16-15(3,4)6-5-13(17)18/h7-9H,5-6H2,1-4H3,(H,16,19)(H,17,18). The Hall–Kier alpha value is -1.84. The fourth-order valence-corrected chi connectivity index (χ4v) is 1.97. The van der Waals surface area contributed by atoms with Crippen molar-refractivity contribution in [3.63, 3.8) is 0 Å². The molecule has 0 aliphatic carbocycles. The number of aryl methyl sites for hydroxylation is 2. The number of nitrogens with one attached hydrogen (secondary N) is 1. The summed E-state index contributed by atoms with van der Waals surface area (Å²) in [5.74, 6) is -1.02. The fourth-order valence-electron chi connectivity index (χ4n) is 1.97. The Kier molecular flexibility index (Phi) is 4.70. The lowest BCUT2D eigenvalue weighted by molar-refractivity contribution is -0.137. The molecule has 4 nitrogen and oxygen atoms in total. The van der Waals surface area contributed by atoms with Crippen molar-refractivity contribution < 1.29 is 14.7 Å². The smallest absolute Gasteiger partial charge is 0.303 e. The monoisotopic (exact) mass is 263 g/mol. The van der Waals surface area contributed by atoms with Gasteiger partial charge in [0.15, 0.2) is 0 Å². The third-order valence-corrected chi connectivity index (χ3v) is 2.90. The summed E-state index contributed by atoms with van der Waals surface area (Å²) in [6.45, 7) is 7.55. The van der Waals surface area contributed by atoms with Crippen molar-refractivity contribution in [3.05, 3.63) is 34.9 Å². The molecule has 0 saturated heterocycles. The minimum Gasteiger partial charge on any atom is -0.481 e. The van der Waals surface area contributed by atoms with E-state index in [4.69, 9.17) is 5.11 Å². The number of amides is 1. The van der Waals surface area contributed by atoms with E-state index in [0.29, 0.717) is 12.0 Å². The first-order chi connectivity index (χ1) is 8.69. The number of rotatable bonds is 5. The third-order valence-electron chi connectivity index (χ3n) is 2.90. The third kappa shape index (κ3) is 5.12. The number of hydrogen-bond donors (Lipinski definition) is 2.